The van der Waals surface area contributed by atoms with Gasteiger partial charge in [0, 0.05) is 6.54 Å². The Morgan fingerprint density at radius 1 is 1.64 bits per heavy atom. The second-order valence-corrected chi connectivity index (χ2v) is 3.33. The van der Waals surface area contributed by atoms with Crippen molar-refractivity contribution in [2.75, 3.05) is 19.8 Å². The number of aromatic nitrogens is 4. The number of rotatable bonds is 3. The molecule has 0 saturated carbocycles. The van der Waals surface area contributed by atoms with Crippen molar-refractivity contribution in [1.82, 2.24) is 25.5 Å². The first-order valence-electron chi connectivity index (χ1n) is 4.99. The molecule has 6 nitrogen and oxygen atoms in total. The summed E-state index contributed by atoms with van der Waals surface area (Å²) < 4.78 is 5.33. The van der Waals surface area contributed by atoms with Gasteiger partial charge in [-0.2, -0.15) is 4.80 Å². The van der Waals surface area contributed by atoms with Gasteiger partial charge in [-0.3, -0.25) is 0 Å². The molecule has 1 aliphatic rings. The van der Waals surface area contributed by atoms with Crippen molar-refractivity contribution in [2.24, 2.45) is 0 Å². The Labute approximate surface area is 82.6 Å². The molecule has 1 fully saturated rings. The van der Waals surface area contributed by atoms with Crippen LogP contribution in [0.15, 0.2) is 0 Å². The summed E-state index contributed by atoms with van der Waals surface area (Å²) in [5.74, 6) is 0.734. The molecule has 6 heteroatoms. The smallest absolute Gasteiger partial charge is 0.194 e. The fourth-order valence-corrected chi connectivity index (χ4v) is 1.42. The van der Waals surface area contributed by atoms with Crippen LogP contribution in [0, 0.1) is 0 Å². The molecule has 0 amide bonds. The number of aryl methyl sites for hydroxylation is 1. The van der Waals surface area contributed by atoms with Crippen molar-refractivity contribution in [3.63, 3.8) is 0 Å². The molecule has 1 aromatic rings. The van der Waals surface area contributed by atoms with Crippen molar-refractivity contribution >= 4 is 0 Å². The Hall–Kier alpha value is -1.01. The minimum atomic E-state index is 0.106. The lowest BCUT2D eigenvalue weighted by Crippen LogP contribution is -2.35. The van der Waals surface area contributed by atoms with E-state index < -0.39 is 0 Å². The summed E-state index contributed by atoms with van der Waals surface area (Å²) in [7, 11) is 0. The van der Waals surface area contributed by atoms with Gasteiger partial charge < -0.3 is 10.1 Å². The van der Waals surface area contributed by atoms with Crippen LogP contribution in [0.4, 0.5) is 0 Å². The van der Waals surface area contributed by atoms with Crippen LogP contribution >= 0.6 is 0 Å². The van der Waals surface area contributed by atoms with Crippen LogP contribution in [0.5, 0.6) is 0 Å². The molecule has 1 saturated heterocycles. The lowest BCUT2D eigenvalue weighted by atomic mass is 10.3. The molecule has 1 unspecified atom stereocenters. The third kappa shape index (κ3) is 2.08. The molecule has 2 rings (SSSR count). The normalized spacial score (nSPS) is 22.5. The summed E-state index contributed by atoms with van der Waals surface area (Å²) in [5.41, 5.74) is 0. The van der Waals surface area contributed by atoms with Gasteiger partial charge in [0.1, 0.15) is 0 Å². The number of ether oxygens (including phenoxy) is 1. The second kappa shape index (κ2) is 4.47. The third-order valence-electron chi connectivity index (χ3n) is 2.13. The molecule has 2 heterocycles. The first-order valence-corrected chi connectivity index (χ1v) is 4.99. The minimum absolute atomic E-state index is 0.106. The summed E-state index contributed by atoms with van der Waals surface area (Å²) in [5, 5.41) is 15.5. The Morgan fingerprint density at radius 3 is 3.29 bits per heavy atom. The van der Waals surface area contributed by atoms with E-state index in [0.29, 0.717) is 6.61 Å². The molecule has 0 bridgehead atoms. The van der Waals surface area contributed by atoms with E-state index in [1.54, 1.807) is 4.80 Å². The first-order chi connectivity index (χ1) is 6.90. The van der Waals surface area contributed by atoms with Gasteiger partial charge >= 0.3 is 0 Å². The fraction of sp³-hybridized carbons (Fsp3) is 0.875. The van der Waals surface area contributed by atoms with Crippen molar-refractivity contribution in [2.45, 2.75) is 25.9 Å². The van der Waals surface area contributed by atoms with Crippen molar-refractivity contribution in [1.29, 1.82) is 0 Å². The fourth-order valence-electron chi connectivity index (χ4n) is 1.42. The van der Waals surface area contributed by atoms with Crippen LogP contribution in [0.25, 0.3) is 0 Å². The van der Waals surface area contributed by atoms with Crippen LogP contribution in [0.1, 0.15) is 25.2 Å². The lowest BCUT2D eigenvalue weighted by molar-refractivity contribution is 0.0741. The maximum absolute atomic E-state index is 5.33. The molecular formula is C8H15N5O. The molecular weight excluding hydrogens is 182 g/mol. The highest BCUT2D eigenvalue weighted by Crippen LogP contribution is 2.09. The monoisotopic (exact) mass is 197 g/mol. The van der Waals surface area contributed by atoms with E-state index in [1.807, 2.05) is 0 Å². The number of morpholine rings is 1. The minimum Gasteiger partial charge on any atom is -0.378 e. The average Bonchev–Trinajstić information content (AvgIpc) is 2.68. The SMILES string of the molecule is CCCn1nnc(C2COCCN2)n1. The van der Waals surface area contributed by atoms with E-state index in [9.17, 15) is 0 Å². The van der Waals surface area contributed by atoms with Gasteiger partial charge in [-0.05, 0) is 11.6 Å². The van der Waals surface area contributed by atoms with Gasteiger partial charge in [0.25, 0.3) is 0 Å². The predicted molar refractivity (Wildman–Crippen MR) is 49.7 cm³/mol. The van der Waals surface area contributed by atoms with E-state index in [4.69, 9.17) is 4.74 Å². The summed E-state index contributed by atoms with van der Waals surface area (Å²) in [6.45, 7) is 5.16. The van der Waals surface area contributed by atoms with E-state index in [0.717, 1.165) is 31.9 Å². The van der Waals surface area contributed by atoms with Gasteiger partial charge in [0.05, 0.1) is 25.8 Å². The van der Waals surface area contributed by atoms with Gasteiger partial charge in [-0.15, -0.1) is 10.2 Å². The number of nitrogens with zero attached hydrogens (tertiary/aromatic N) is 4. The molecule has 1 atom stereocenters. The number of nitrogens with one attached hydrogen (secondary N) is 1. The third-order valence-corrected chi connectivity index (χ3v) is 2.13. The number of hydrogen-bond donors (Lipinski definition) is 1. The second-order valence-electron chi connectivity index (χ2n) is 3.33. The van der Waals surface area contributed by atoms with Gasteiger partial charge in [-0.25, -0.2) is 0 Å². The lowest BCUT2D eigenvalue weighted by Gasteiger charge is -2.20. The summed E-state index contributed by atoms with van der Waals surface area (Å²) in [6, 6.07) is 0.106. The predicted octanol–water partition coefficient (Wildman–Crippen LogP) is -0.256. The van der Waals surface area contributed by atoms with Crippen LogP contribution in [-0.2, 0) is 11.3 Å². The highest BCUT2D eigenvalue weighted by atomic mass is 16.5. The number of tetrazole rings is 1. The van der Waals surface area contributed by atoms with Gasteiger partial charge in [0.15, 0.2) is 5.82 Å². The highest BCUT2D eigenvalue weighted by Gasteiger charge is 2.19. The number of hydrogen-bond acceptors (Lipinski definition) is 5. The zero-order valence-corrected chi connectivity index (χ0v) is 8.31. The van der Waals surface area contributed by atoms with Gasteiger partial charge in [-0.1, -0.05) is 6.92 Å². The topological polar surface area (TPSA) is 64.9 Å². The Kier molecular flexibility index (Phi) is 3.05. The maximum Gasteiger partial charge on any atom is 0.194 e. The molecule has 1 aliphatic heterocycles. The van der Waals surface area contributed by atoms with Crippen LogP contribution < -0.4 is 5.32 Å². The molecule has 0 radical (unpaired) electrons. The molecule has 78 valence electrons. The van der Waals surface area contributed by atoms with E-state index in [2.05, 4.69) is 27.7 Å². The van der Waals surface area contributed by atoms with Crippen LogP contribution in [-0.4, -0.2) is 40.0 Å². The summed E-state index contributed by atoms with van der Waals surface area (Å²) in [6.07, 6.45) is 1.02. The Balaban J connectivity index is 2.00. The van der Waals surface area contributed by atoms with Gasteiger partial charge in [0.2, 0.25) is 0 Å². The molecule has 14 heavy (non-hydrogen) atoms. The Morgan fingerprint density at radius 2 is 2.57 bits per heavy atom. The summed E-state index contributed by atoms with van der Waals surface area (Å²) >= 11 is 0. The van der Waals surface area contributed by atoms with Crippen molar-refractivity contribution in [3.05, 3.63) is 5.82 Å². The van der Waals surface area contributed by atoms with E-state index in [1.165, 1.54) is 0 Å². The average molecular weight is 197 g/mol. The van der Waals surface area contributed by atoms with E-state index >= 15 is 0 Å². The zero-order valence-electron chi connectivity index (χ0n) is 8.31. The molecule has 0 spiro atoms. The Bertz CT molecular complexity index is 281. The highest BCUT2D eigenvalue weighted by molar-refractivity contribution is 4.90. The maximum atomic E-state index is 5.33. The quantitative estimate of drug-likeness (QED) is 0.723. The van der Waals surface area contributed by atoms with Crippen molar-refractivity contribution < 1.29 is 4.74 Å². The standard InChI is InChI=1S/C8H15N5O/c1-2-4-13-11-8(10-12-13)7-6-14-5-3-9-7/h7,9H,2-6H2,1H3. The summed E-state index contributed by atoms with van der Waals surface area (Å²) in [4.78, 5) is 1.63. The van der Waals surface area contributed by atoms with Crippen LogP contribution in [0.2, 0.25) is 0 Å². The molecule has 0 aliphatic carbocycles. The first kappa shape index (κ1) is 9.54. The zero-order chi connectivity index (χ0) is 9.80. The molecule has 0 aromatic carbocycles. The molecule has 1 aromatic heterocycles. The molecule has 1 N–H and O–H groups in total. The van der Waals surface area contributed by atoms with Crippen LogP contribution in [0.3, 0.4) is 0 Å². The largest absolute Gasteiger partial charge is 0.378 e. The van der Waals surface area contributed by atoms with E-state index in [-0.39, 0.29) is 6.04 Å². The van der Waals surface area contributed by atoms with Crippen molar-refractivity contribution in [3.8, 4) is 0 Å².